The van der Waals surface area contributed by atoms with Gasteiger partial charge in [0.25, 0.3) is 5.91 Å². The fourth-order valence-electron chi connectivity index (χ4n) is 2.67. The molecule has 0 saturated carbocycles. The number of nitrogens with one attached hydrogen (secondary N) is 2. The summed E-state index contributed by atoms with van der Waals surface area (Å²) in [6.07, 6.45) is 0.677. The fraction of sp³-hybridized carbons (Fsp3) is 0.333. The number of sulfonamides is 1. The molecule has 0 aromatic heterocycles. The first kappa shape index (κ1) is 22.6. The highest BCUT2D eigenvalue weighted by molar-refractivity contribution is 7.89. The Bertz CT molecular complexity index is 986. The zero-order valence-corrected chi connectivity index (χ0v) is 18.0. The van der Waals surface area contributed by atoms with Crippen molar-refractivity contribution < 1.29 is 18.0 Å². The largest absolute Gasteiger partial charge is 0.352 e. The maximum atomic E-state index is 12.4. The first-order chi connectivity index (χ1) is 13.6. The van der Waals surface area contributed by atoms with Gasteiger partial charge in [-0.15, -0.1) is 0 Å². The molecule has 2 rings (SSSR count). The number of hydrogen-bond donors (Lipinski definition) is 2. The van der Waals surface area contributed by atoms with E-state index < -0.39 is 10.0 Å². The van der Waals surface area contributed by atoms with Gasteiger partial charge in [0.1, 0.15) is 0 Å². The lowest BCUT2D eigenvalue weighted by molar-refractivity contribution is -0.116. The van der Waals surface area contributed by atoms with Gasteiger partial charge in [-0.3, -0.25) is 9.59 Å². The molecule has 0 aliphatic carbocycles. The van der Waals surface area contributed by atoms with Crippen LogP contribution in [0.5, 0.6) is 0 Å². The van der Waals surface area contributed by atoms with E-state index in [4.69, 9.17) is 0 Å². The number of hydrogen-bond acceptors (Lipinski definition) is 4. The van der Waals surface area contributed by atoms with Gasteiger partial charge in [-0.1, -0.05) is 18.2 Å². The van der Waals surface area contributed by atoms with Gasteiger partial charge in [0.15, 0.2) is 0 Å². The third kappa shape index (κ3) is 5.88. The Labute approximate surface area is 172 Å². The smallest absolute Gasteiger partial charge is 0.251 e. The summed E-state index contributed by atoms with van der Waals surface area (Å²) < 4.78 is 25.9. The summed E-state index contributed by atoms with van der Waals surface area (Å²) in [5, 5.41) is 5.56. The number of amides is 2. The second kappa shape index (κ2) is 9.67. The van der Waals surface area contributed by atoms with Crippen LogP contribution in [0.15, 0.2) is 47.4 Å². The van der Waals surface area contributed by atoms with E-state index >= 15 is 0 Å². The van der Waals surface area contributed by atoms with Crippen LogP contribution in [0.3, 0.4) is 0 Å². The Balaban J connectivity index is 1.95. The molecule has 2 amide bonds. The zero-order chi connectivity index (χ0) is 21.6. The van der Waals surface area contributed by atoms with Crippen molar-refractivity contribution in [1.29, 1.82) is 0 Å². The van der Waals surface area contributed by atoms with Crippen molar-refractivity contribution in [2.45, 2.75) is 31.6 Å². The quantitative estimate of drug-likeness (QED) is 0.646. The predicted molar refractivity (Wildman–Crippen MR) is 113 cm³/mol. The number of nitrogens with zero attached hydrogens (tertiary/aromatic N) is 1. The number of carbonyl (C=O) groups excluding carboxylic acids is 2. The molecule has 2 aromatic carbocycles. The molecule has 2 N–H and O–H groups in total. The van der Waals surface area contributed by atoms with Crippen molar-refractivity contribution in [3.05, 3.63) is 59.2 Å². The van der Waals surface area contributed by atoms with Gasteiger partial charge in [0, 0.05) is 38.3 Å². The third-order valence-corrected chi connectivity index (χ3v) is 6.39. The van der Waals surface area contributed by atoms with Crippen LogP contribution in [0.25, 0.3) is 0 Å². The second-order valence-electron chi connectivity index (χ2n) is 6.97. The summed E-state index contributed by atoms with van der Waals surface area (Å²) in [4.78, 5) is 24.4. The summed E-state index contributed by atoms with van der Waals surface area (Å²) in [5.41, 5.74) is 2.64. The lowest BCUT2D eigenvalue weighted by Gasteiger charge is -2.16. The first-order valence-electron chi connectivity index (χ1n) is 9.30. The monoisotopic (exact) mass is 417 g/mol. The molecule has 0 unspecified atom stereocenters. The number of anilines is 1. The third-order valence-electron chi connectivity index (χ3n) is 4.60. The topological polar surface area (TPSA) is 95.6 Å². The molecule has 8 heteroatoms. The summed E-state index contributed by atoms with van der Waals surface area (Å²) in [6, 6.07) is 11.9. The highest BCUT2D eigenvalue weighted by Crippen LogP contribution is 2.25. The van der Waals surface area contributed by atoms with Gasteiger partial charge >= 0.3 is 0 Å². The molecule has 0 heterocycles. The van der Waals surface area contributed by atoms with E-state index in [0.29, 0.717) is 24.2 Å². The van der Waals surface area contributed by atoms with Crippen LogP contribution in [-0.4, -0.2) is 45.2 Å². The van der Waals surface area contributed by atoms with Crippen LogP contribution >= 0.6 is 0 Å². The van der Waals surface area contributed by atoms with E-state index in [2.05, 4.69) is 10.6 Å². The van der Waals surface area contributed by atoms with E-state index in [1.54, 1.807) is 37.3 Å². The van der Waals surface area contributed by atoms with Crippen LogP contribution < -0.4 is 10.6 Å². The van der Waals surface area contributed by atoms with E-state index in [1.165, 1.54) is 20.2 Å². The molecule has 0 spiro atoms. The first-order valence-corrected chi connectivity index (χ1v) is 10.7. The Morgan fingerprint density at radius 3 is 2.31 bits per heavy atom. The lowest BCUT2D eigenvalue weighted by atomic mass is 10.1. The van der Waals surface area contributed by atoms with Gasteiger partial charge in [-0.05, 0) is 55.7 Å². The van der Waals surface area contributed by atoms with Crippen molar-refractivity contribution in [1.82, 2.24) is 9.62 Å². The summed E-state index contributed by atoms with van der Waals surface area (Å²) in [5.74, 6) is -0.417. The molecule has 0 radical (unpaired) electrons. The van der Waals surface area contributed by atoms with Crippen molar-refractivity contribution >= 4 is 27.5 Å². The molecular formula is C21H27N3O4S. The molecule has 0 aliphatic heterocycles. The average molecular weight is 418 g/mol. The minimum atomic E-state index is -3.60. The minimum Gasteiger partial charge on any atom is -0.352 e. The van der Waals surface area contributed by atoms with Crippen molar-refractivity contribution in [3.63, 3.8) is 0 Å². The average Bonchev–Trinajstić information content (AvgIpc) is 2.68. The van der Waals surface area contributed by atoms with Crippen molar-refractivity contribution in [3.8, 4) is 0 Å². The van der Waals surface area contributed by atoms with Gasteiger partial charge in [0.05, 0.1) is 4.90 Å². The van der Waals surface area contributed by atoms with Gasteiger partial charge in [-0.2, -0.15) is 0 Å². The molecule has 0 saturated heterocycles. The number of carbonyl (C=O) groups is 2. The number of aryl methyl sites for hydroxylation is 1. The van der Waals surface area contributed by atoms with Crippen LogP contribution in [0.4, 0.5) is 5.69 Å². The summed E-state index contributed by atoms with van der Waals surface area (Å²) in [7, 11) is -0.667. The van der Waals surface area contributed by atoms with Crippen molar-refractivity contribution in [2.75, 3.05) is 26.0 Å². The second-order valence-corrected chi connectivity index (χ2v) is 9.13. The molecular weight excluding hydrogens is 390 g/mol. The molecule has 29 heavy (non-hydrogen) atoms. The Morgan fingerprint density at radius 2 is 1.69 bits per heavy atom. The molecule has 0 atom stereocenters. The molecule has 0 aliphatic rings. The number of rotatable bonds is 8. The minimum absolute atomic E-state index is 0.135. The normalized spacial score (nSPS) is 11.3. The van der Waals surface area contributed by atoms with Gasteiger partial charge in [0.2, 0.25) is 15.9 Å². The van der Waals surface area contributed by atoms with Crippen molar-refractivity contribution in [2.24, 2.45) is 0 Å². The highest BCUT2D eigenvalue weighted by Gasteiger charge is 2.20. The molecule has 0 fully saturated rings. The zero-order valence-electron chi connectivity index (χ0n) is 17.2. The Morgan fingerprint density at radius 1 is 1.03 bits per heavy atom. The molecule has 156 valence electrons. The molecule has 2 aromatic rings. The van der Waals surface area contributed by atoms with E-state index in [1.807, 2.05) is 13.0 Å². The Hall–Kier alpha value is -2.71. The van der Waals surface area contributed by atoms with E-state index in [0.717, 1.165) is 15.4 Å². The van der Waals surface area contributed by atoms with E-state index in [9.17, 15) is 18.0 Å². The van der Waals surface area contributed by atoms with Crippen LogP contribution in [0.1, 0.15) is 34.3 Å². The Kier molecular flexibility index (Phi) is 7.53. The maximum absolute atomic E-state index is 12.4. The van der Waals surface area contributed by atoms with Gasteiger partial charge in [-0.25, -0.2) is 12.7 Å². The van der Waals surface area contributed by atoms with Crippen LogP contribution in [0, 0.1) is 13.8 Å². The SMILES string of the molecule is Cc1cc(S(=O)(=O)N(C)C)cc(NC(=O)CCCNC(=O)c2ccccc2)c1C. The highest BCUT2D eigenvalue weighted by atomic mass is 32.2. The lowest BCUT2D eigenvalue weighted by Crippen LogP contribution is -2.25. The van der Waals surface area contributed by atoms with Crippen LogP contribution in [-0.2, 0) is 14.8 Å². The fourth-order valence-corrected chi connectivity index (χ4v) is 3.69. The predicted octanol–water partition coefficient (Wildman–Crippen LogP) is 2.70. The summed E-state index contributed by atoms with van der Waals surface area (Å²) in [6.45, 7) is 4.00. The molecule has 0 bridgehead atoms. The standard InChI is InChI=1S/C21H27N3O4S/c1-15-13-18(29(27,28)24(3)4)14-19(16(15)2)23-20(25)11-8-12-22-21(26)17-9-6-5-7-10-17/h5-7,9-10,13-14H,8,11-12H2,1-4H3,(H,22,26)(H,23,25). The van der Waals surface area contributed by atoms with Gasteiger partial charge < -0.3 is 10.6 Å². The maximum Gasteiger partial charge on any atom is 0.251 e. The van der Waals surface area contributed by atoms with Crippen LogP contribution in [0.2, 0.25) is 0 Å². The summed E-state index contributed by atoms with van der Waals surface area (Å²) >= 11 is 0. The molecule has 7 nitrogen and oxygen atoms in total. The number of benzene rings is 2. The van der Waals surface area contributed by atoms with E-state index in [-0.39, 0.29) is 23.1 Å².